The van der Waals surface area contributed by atoms with Crippen molar-refractivity contribution in [1.82, 2.24) is 5.32 Å². The lowest BCUT2D eigenvalue weighted by Gasteiger charge is -2.41. The minimum absolute atomic E-state index is 0.0165. The molecule has 2 saturated heterocycles. The van der Waals surface area contributed by atoms with E-state index in [0.29, 0.717) is 0 Å². The van der Waals surface area contributed by atoms with E-state index in [1.165, 1.54) is 6.92 Å². The van der Waals surface area contributed by atoms with E-state index in [1.807, 2.05) is 0 Å². The number of carbonyl (C=O) groups excluding carboxylic acids is 2. The first-order valence-electron chi connectivity index (χ1n) is 7.34. The normalized spacial score (nSPS) is 19.6. The molecule has 132 valence electrons. The highest BCUT2D eigenvalue weighted by Crippen LogP contribution is 2.41. The molecular weight excluding hydrogens is 345 g/mol. The first-order chi connectivity index (χ1) is 11.9. The quantitative estimate of drug-likeness (QED) is 0.469. The molecule has 1 aromatic heterocycles. The van der Waals surface area contributed by atoms with Crippen LogP contribution < -0.4 is 10.2 Å². The van der Waals surface area contributed by atoms with Gasteiger partial charge in [0.05, 0.1) is 18.2 Å². The van der Waals surface area contributed by atoms with Crippen LogP contribution in [0, 0.1) is 24.4 Å². The van der Waals surface area contributed by atoms with Crippen molar-refractivity contribution in [2.45, 2.75) is 12.8 Å². The van der Waals surface area contributed by atoms with Gasteiger partial charge in [-0.25, -0.2) is 22.8 Å². The second kappa shape index (κ2) is 5.12. The first-order valence-corrected chi connectivity index (χ1v) is 7.34. The Bertz CT molecular complexity index is 910. The minimum Gasteiger partial charge on any atom is -0.462 e. The SMILES string of the molecule is Cc1coc2c(N3CCNCC34OC(=O)C(=O)O4)c(F)c(F)c(F)c12. The van der Waals surface area contributed by atoms with E-state index >= 15 is 0 Å². The summed E-state index contributed by atoms with van der Waals surface area (Å²) >= 11 is 0. The third-order valence-electron chi connectivity index (χ3n) is 4.22. The number of rotatable bonds is 1. The molecule has 1 N–H and O–H groups in total. The van der Waals surface area contributed by atoms with Gasteiger partial charge in [-0.3, -0.25) is 4.90 Å². The number of nitrogens with zero attached hydrogens (tertiary/aromatic N) is 1. The monoisotopic (exact) mass is 356 g/mol. The first kappa shape index (κ1) is 15.8. The smallest absolute Gasteiger partial charge is 0.422 e. The molecule has 0 amide bonds. The standard InChI is InChI=1S/C15H11F3N2O5/c1-6-4-23-12-7(6)8(16)9(17)10(18)11(12)20-3-2-19-5-15(20)24-13(21)14(22)25-15/h4,19H,2-3,5H2,1H3. The predicted molar refractivity (Wildman–Crippen MR) is 76.0 cm³/mol. The van der Waals surface area contributed by atoms with Crippen molar-refractivity contribution < 1.29 is 36.7 Å². The Morgan fingerprint density at radius 1 is 1.12 bits per heavy atom. The predicted octanol–water partition coefficient (Wildman–Crippen LogP) is 1.32. The van der Waals surface area contributed by atoms with Crippen LogP contribution in [-0.4, -0.2) is 37.5 Å². The van der Waals surface area contributed by atoms with Gasteiger partial charge >= 0.3 is 17.8 Å². The Labute approximate surface area is 138 Å². The topological polar surface area (TPSA) is 81.0 Å². The summed E-state index contributed by atoms with van der Waals surface area (Å²) in [6.45, 7) is 1.57. The van der Waals surface area contributed by atoms with Crippen molar-refractivity contribution in [3.8, 4) is 0 Å². The van der Waals surface area contributed by atoms with Crippen LogP contribution in [0.3, 0.4) is 0 Å². The number of fused-ring (bicyclic) bond motifs is 1. The fraction of sp³-hybridized carbons (Fsp3) is 0.333. The van der Waals surface area contributed by atoms with Gasteiger partial charge < -0.3 is 19.2 Å². The Hall–Kier alpha value is -2.75. The molecule has 7 nitrogen and oxygen atoms in total. The van der Waals surface area contributed by atoms with E-state index in [0.717, 1.165) is 11.2 Å². The summed E-state index contributed by atoms with van der Waals surface area (Å²) in [5, 5.41) is 2.60. The van der Waals surface area contributed by atoms with E-state index in [4.69, 9.17) is 13.9 Å². The van der Waals surface area contributed by atoms with Crippen LogP contribution in [0.15, 0.2) is 10.7 Å². The molecule has 3 heterocycles. The summed E-state index contributed by atoms with van der Waals surface area (Å²) in [5.74, 6) is -9.12. The third-order valence-corrected chi connectivity index (χ3v) is 4.22. The van der Waals surface area contributed by atoms with Crippen LogP contribution in [0.4, 0.5) is 18.9 Å². The van der Waals surface area contributed by atoms with Gasteiger partial charge in [0.1, 0.15) is 5.69 Å². The largest absolute Gasteiger partial charge is 0.462 e. The molecule has 1 aromatic carbocycles. The average molecular weight is 356 g/mol. The molecular formula is C15H11F3N2O5. The van der Waals surface area contributed by atoms with Crippen LogP contribution >= 0.6 is 0 Å². The molecule has 0 aliphatic carbocycles. The van der Waals surface area contributed by atoms with Gasteiger partial charge in [-0.05, 0) is 12.5 Å². The van der Waals surface area contributed by atoms with Crippen LogP contribution in [0.2, 0.25) is 0 Å². The van der Waals surface area contributed by atoms with E-state index < -0.39 is 41.0 Å². The number of carbonyl (C=O) groups is 2. The fourth-order valence-corrected chi connectivity index (χ4v) is 3.10. The maximum atomic E-state index is 14.6. The fourth-order valence-electron chi connectivity index (χ4n) is 3.10. The van der Waals surface area contributed by atoms with E-state index in [9.17, 15) is 22.8 Å². The molecule has 0 radical (unpaired) electrons. The number of aryl methyl sites for hydroxylation is 1. The highest BCUT2D eigenvalue weighted by atomic mass is 19.2. The molecule has 2 aliphatic heterocycles. The second-order valence-electron chi connectivity index (χ2n) is 5.73. The highest BCUT2D eigenvalue weighted by Gasteiger charge is 2.56. The number of piperazine rings is 1. The zero-order valence-corrected chi connectivity index (χ0v) is 12.8. The summed E-state index contributed by atoms with van der Waals surface area (Å²) in [6.07, 6.45) is 1.15. The van der Waals surface area contributed by atoms with Crippen molar-refractivity contribution in [1.29, 1.82) is 0 Å². The van der Waals surface area contributed by atoms with E-state index in [2.05, 4.69) is 5.32 Å². The number of halogens is 3. The molecule has 25 heavy (non-hydrogen) atoms. The summed E-state index contributed by atoms with van der Waals surface area (Å²) in [4.78, 5) is 24.0. The van der Waals surface area contributed by atoms with Crippen LogP contribution in [0.25, 0.3) is 11.0 Å². The van der Waals surface area contributed by atoms with Crippen LogP contribution in [-0.2, 0) is 19.1 Å². The van der Waals surface area contributed by atoms with Gasteiger partial charge in [0.2, 0.25) is 0 Å². The number of furan rings is 1. The number of hydrogen-bond acceptors (Lipinski definition) is 7. The Morgan fingerprint density at radius 2 is 1.80 bits per heavy atom. The number of nitrogens with one attached hydrogen (secondary N) is 1. The summed E-state index contributed by atoms with van der Waals surface area (Å²) < 4.78 is 58.0. The van der Waals surface area contributed by atoms with Gasteiger partial charge in [0, 0.05) is 13.1 Å². The average Bonchev–Trinajstić information content (AvgIpc) is 3.08. The molecule has 0 atom stereocenters. The number of hydrogen-bond donors (Lipinski definition) is 1. The van der Waals surface area contributed by atoms with Crippen LogP contribution in [0.5, 0.6) is 0 Å². The van der Waals surface area contributed by atoms with Gasteiger partial charge in [-0.1, -0.05) is 0 Å². The molecule has 1 spiro atoms. The molecule has 2 aromatic rings. The van der Waals surface area contributed by atoms with Gasteiger partial charge in [0.15, 0.2) is 23.0 Å². The summed E-state index contributed by atoms with van der Waals surface area (Å²) in [6, 6.07) is 0. The maximum Gasteiger partial charge on any atom is 0.422 e. The van der Waals surface area contributed by atoms with Crippen molar-refractivity contribution in [2.75, 3.05) is 24.5 Å². The van der Waals surface area contributed by atoms with Crippen LogP contribution in [0.1, 0.15) is 5.56 Å². The number of ether oxygens (including phenoxy) is 2. The van der Waals surface area contributed by atoms with Crippen molar-refractivity contribution in [2.24, 2.45) is 0 Å². The molecule has 2 fully saturated rings. The number of anilines is 1. The maximum absolute atomic E-state index is 14.6. The van der Waals surface area contributed by atoms with Gasteiger partial charge in [-0.15, -0.1) is 0 Å². The molecule has 0 unspecified atom stereocenters. The Balaban J connectivity index is 1.97. The number of esters is 2. The lowest BCUT2D eigenvalue weighted by molar-refractivity contribution is -0.180. The molecule has 4 rings (SSSR count). The van der Waals surface area contributed by atoms with Gasteiger partial charge in [0.25, 0.3) is 0 Å². The second-order valence-corrected chi connectivity index (χ2v) is 5.73. The summed E-state index contributed by atoms with van der Waals surface area (Å²) in [5.41, 5.74) is -0.489. The van der Waals surface area contributed by atoms with Crippen molar-refractivity contribution in [3.05, 3.63) is 29.3 Å². The zero-order chi connectivity index (χ0) is 17.9. The van der Waals surface area contributed by atoms with E-state index in [1.54, 1.807) is 0 Å². The van der Waals surface area contributed by atoms with Gasteiger partial charge in [-0.2, -0.15) is 0 Å². The lowest BCUT2D eigenvalue weighted by Crippen LogP contribution is -2.63. The minimum atomic E-state index is -1.99. The third kappa shape index (κ3) is 2.03. The molecule has 0 bridgehead atoms. The number of benzene rings is 1. The van der Waals surface area contributed by atoms with Crippen molar-refractivity contribution >= 4 is 28.6 Å². The Morgan fingerprint density at radius 3 is 2.48 bits per heavy atom. The lowest BCUT2D eigenvalue weighted by atomic mass is 10.1. The summed E-state index contributed by atoms with van der Waals surface area (Å²) in [7, 11) is 0. The highest BCUT2D eigenvalue weighted by molar-refractivity contribution is 6.31. The zero-order valence-electron chi connectivity index (χ0n) is 12.8. The van der Waals surface area contributed by atoms with E-state index in [-0.39, 0.29) is 36.2 Å². The molecule has 2 aliphatic rings. The molecule has 0 saturated carbocycles. The van der Waals surface area contributed by atoms with Crippen molar-refractivity contribution in [3.63, 3.8) is 0 Å². The molecule has 10 heteroatoms. The Kier molecular flexibility index (Phi) is 3.23.